The lowest BCUT2D eigenvalue weighted by atomic mass is 9.79. The highest BCUT2D eigenvalue weighted by Gasteiger charge is 2.43. The standard InChI is InChI=1S/C16H30N2O/c1-5-7-13-16(19)18(15(6-2)17-13)14-9-8-11(3)10-12(14)4/h11-15,17H,5-10H2,1-4H3. The van der Waals surface area contributed by atoms with Crippen LogP contribution < -0.4 is 5.32 Å². The molecule has 1 aliphatic carbocycles. The maximum Gasteiger partial charge on any atom is 0.241 e. The summed E-state index contributed by atoms with van der Waals surface area (Å²) in [4.78, 5) is 14.9. The number of rotatable bonds is 4. The molecule has 1 saturated carbocycles. The van der Waals surface area contributed by atoms with E-state index in [1.54, 1.807) is 0 Å². The van der Waals surface area contributed by atoms with Crippen molar-refractivity contribution >= 4 is 5.91 Å². The Kier molecular flexibility index (Phi) is 4.88. The predicted octanol–water partition coefficient (Wildman–Crippen LogP) is 3.15. The molecule has 0 aromatic carbocycles. The smallest absolute Gasteiger partial charge is 0.241 e. The lowest BCUT2D eigenvalue weighted by molar-refractivity contribution is -0.134. The highest BCUT2D eigenvalue weighted by atomic mass is 16.2. The zero-order chi connectivity index (χ0) is 14.0. The van der Waals surface area contributed by atoms with E-state index >= 15 is 0 Å². The van der Waals surface area contributed by atoms with E-state index in [1.807, 2.05) is 0 Å². The van der Waals surface area contributed by atoms with E-state index in [0.717, 1.165) is 25.2 Å². The average molecular weight is 266 g/mol. The Labute approximate surface area is 118 Å². The topological polar surface area (TPSA) is 32.3 Å². The number of hydrogen-bond acceptors (Lipinski definition) is 2. The second-order valence-electron chi connectivity index (χ2n) is 6.64. The van der Waals surface area contributed by atoms with Crippen molar-refractivity contribution in [2.24, 2.45) is 11.8 Å². The van der Waals surface area contributed by atoms with E-state index in [0.29, 0.717) is 17.9 Å². The third-order valence-corrected chi connectivity index (χ3v) is 4.99. The molecule has 1 heterocycles. The number of carbonyl (C=O) groups is 1. The van der Waals surface area contributed by atoms with Crippen LogP contribution in [-0.4, -0.2) is 29.1 Å². The number of nitrogens with zero attached hydrogens (tertiary/aromatic N) is 1. The van der Waals surface area contributed by atoms with Crippen LogP contribution in [0.5, 0.6) is 0 Å². The van der Waals surface area contributed by atoms with Crippen molar-refractivity contribution in [2.75, 3.05) is 0 Å². The van der Waals surface area contributed by atoms with Crippen LogP contribution in [0.3, 0.4) is 0 Å². The van der Waals surface area contributed by atoms with Gasteiger partial charge >= 0.3 is 0 Å². The summed E-state index contributed by atoms with van der Waals surface area (Å²) >= 11 is 0. The summed E-state index contributed by atoms with van der Waals surface area (Å²) in [5.74, 6) is 1.83. The van der Waals surface area contributed by atoms with Crippen molar-refractivity contribution < 1.29 is 4.79 Å². The molecule has 3 nitrogen and oxygen atoms in total. The Morgan fingerprint density at radius 2 is 2.00 bits per heavy atom. The Morgan fingerprint density at radius 3 is 2.58 bits per heavy atom. The fourth-order valence-electron chi connectivity index (χ4n) is 3.98. The zero-order valence-corrected chi connectivity index (χ0v) is 13.0. The van der Waals surface area contributed by atoms with Crippen LogP contribution in [0.25, 0.3) is 0 Å². The minimum absolute atomic E-state index is 0.0708. The minimum Gasteiger partial charge on any atom is -0.323 e. The molecule has 110 valence electrons. The van der Waals surface area contributed by atoms with E-state index in [9.17, 15) is 4.79 Å². The molecule has 3 heteroatoms. The number of nitrogens with one attached hydrogen (secondary N) is 1. The van der Waals surface area contributed by atoms with Gasteiger partial charge in [0.1, 0.15) is 0 Å². The highest BCUT2D eigenvalue weighted by molar-refractivity contribution is 5.84. The van der Waals surface area contributed by atoms with Gasteiger partial charge in [-0.3, -0.25) is 10.1 Å². The van der Waals surface area contributed by atoms with Gasteiger partial charge in [-0.25, -0.2) is 0 Å². The summed E-state index contributed by atoms with van der Waals surface area (Å²) in [6.07, 6.45) is 7.06. The molecule has 0 bridgehead atoms. The fourth-order valence-corrected chi connectivity index (χ4v) is 3.98. The monoisotopic (exact) mass is 266 g/mol. The third-order valence-electron chi connectivity index (χ3n) is 4.99. The van der Waals surface area contributed by atoms with Gasteiger partial charge in [-0.1, -0.05) is 34.1 Å². The molecule has 0 aromatic rings. The quantitative estimate of drug-likeness (QED) is 0.848. The molecular formula is C16H30N2O. The Hall–Kier alpha value is -0.570. The van der Waals surface area contributed by atoms with E-state index in [4.69, 9.17) is 0 Å². The first-order valence-corrected chi connectivity index (χ1v) is 8.16. The van der Waals surface area contributed by atoms with Gasteiger partial charge in [-0.2, -0.15) is 0 Å². The summed E-state index contributed by atoms with van der Waals surface area (Å²) in [6, 6.07) is 0.532. The van der Waals surface area contributed by atoms with Gasteiger partial charge in [0.15, 0.2) is 0 Å². The van der Waals surface area contributed by atoms with Gasteiger partial charge in [0, 0.05) is 6.04 Å². The summed E-state index contributed by atoms with van der Waals surface area (Å²) in [7, 11) is 0. The van der Waals surface area contributed by atoms with Gasteiger partial charge in [-0.15, -0.1) is 0 Å². The molecule has 0 aromatic heterocycles. The largest absolute Gasteiger partial charge is 0.323 e. The predicted molar refractivity (Wildman–Crippen MR) is 78.7 cm³/mol. The number of amides is 1. The Morgan fingerprint density at radius 1 is 1.26 bits per heavy atom. The molecule has 2 aliphatic rings. The summed E-state index contributed by atoms with van der Waals surface area (Å²) in [5, 5.41) is 3.55. The van der Waals surface area contributed by atoms with E-state index in [2.05, 4.69) is 37.9 Å². The molecule has 19 heavy (non-hydrogen) atoms. The molecule has 2 fully saturated rings. The molecule has 1 saturated heterocycles. The third kappa shape index (κ3) is 2.96. The molecule has 1 amide bonds. The normalized spacial score (nSPS) is 39.9. The first-order valence-electron chi connectivity index (χ1n) is 8.16. The molecular weight excluding hydrogens is 236 g/mol. The second kappa shape index (κ2) is 6.25. The molecule has 5 unspecified atom stereocenters. The van der Waals surface area contributed by atoms with E-state index < -0.39 is 0 Å². The van der Waals surface area contributed by atoms with Gasteiger partial charge in [0.25, 0.3) is 0 Å². The Bertz CT molecular complexity index is 318. The molecule has 0 spiro atoms. The van der Waals surface area contributed by atoms with Crippen LogP contribution in [-0.2, 0) is 4.79 Å². The zero-order valence-electron chi connectivity index (χ0n) is 13.0. The molecule has 1 aliphatic heterocycles. The number of hydrogen-bond donors (Lipinski definition) is 1. The van der Waals surface area contributed by atoms with Gasteiger partial charge < -0.3 is 4.90 Å². The van der Waals surface area contributed by atoms with Gasteiger partial charge in [0.2, 0.25) is 5.91 Å². The second-order valence-corrected chi connectivity index (χ2v) is 6.64. The van der Waals surface area contributed by atoms with E-state index in [1.165, 1.54) is 19.3 Å². The minimum atomic E-state index is 0.0708. The van der Waals surface area contributed by atoms with E-state index in [-0.39, 0.29) is 12.2 Å². The summed E-state index contributed by atoms with van der Waals surface area (Å²) in [6.45, 7) is 9.01. The van der Waals surface area contributed by atoms with Crippen LogP contribution in [0, 0.1) is 11.8 Å². The van der Waals surface area contributed by atoms with Crippen LogP contribution in [0.15, 0.2) is 0 Å². The first-order chi connectivity index (χ1) is 9.08. The van der Waals surface area contributed by atoms with Gasteiger partial charge in [-0.05, 0) is 43.9 Å². The molecule has 1 N–H and O–H groups in total. The maximum atomic E-state index is 12.7. The fraction of sp³-hybridized carbons (Fsp3) is 0.938. The van der Waals surface area contributed by atoms with Crippen molar-refractivity contribution in [2.45, 2.75) is 84.5 Å². The lowest BCUT2D eigenvalue weighted by Crippen LogP contribution is -2.49. The lowest BCUT2D eigenvalue weighted by Gasteiger charge is -2.41. The highest BCUT2D eigenvalue weighted by Crippen LogP contribution is 2.35. The molecule has 5 atom stereocenters. The van der Waals surface area contributed by atoms with Crippen LogP contribution >= 0.6 is 0 Å². The van der Waals surface area contributed by atoms with Crippen molar-refractivity contribution in [3.8, 4) is 0 Å². The number of carbonyl (C=O) groups excluding carboxylic acids is 1. The van der Waals surface area contributed by atoms with Crippen LogP contribution in [0.2, 0.25) is 0 Å². The van der Waals surface area contributed by atoms with Crippen LogP contribution in [0.1, 0.15) is 66.2 Å². The van der Waals surface area contributed by atoms with Crippen molar-refractivity contribution in [3.05, 3.63) is 0 Å². The molecule has 0 radical (unpaired) electrons. The van der Waals surface area contributed by atoms with Crippen molar-refractivity contribution in [1.29, 1.82) is 0 Å². The maximum absolute atomic E-state index is 12.7. The van der Waals surface area contributed by atoms with Crippen molar-refractivity contribution in [1.82, 2.24) is 10.2 Å². The summed E-state index contributed by atoms with van der Waals surface area (Å²) in [5.41, 5.74) is 0. The molecule has 2 rings (SSSR count). The van der Waals surface area contributed by atoms with Crippen LogP contribution in [0.4, 0.5) is 0 Å². The Balaban J connectivity index is 2.10. The van der Waals surface area contributed by atoms with Crippen molar-refractivity contribution in [3.63, 3.8) is 0 Å². The summed E-state index contributed by atoms with van der Waals surface area (Å²) < 4.78 is 0. The first kappa shape index (κ1) is 14.8. The van der Waals surface area contributed by atoms with Gasteiger partial charge in [0.05, 0.1) is 12.2 Å². The SMILES string of the molecule is CCCC1NC(CC)N(C2CCC(C)CC2C)C1=O. The average Bonchev–Trinajstić information content (AvgIpc) is 2.67.